The fourth-order valence-corrected chi connectivity index (χ4v) is 1.71. The maximum absolute atomic E-state index is 9.92. The largest absolute Gasteiger partial charge is 1.00 e. The number of carboxylic acids is 1. The minimum Gasteiger partial charge on any atom is -0.550 e. The van der Waals surface area contributed by atoms with Gasteiger partial charge in [0.15, 0.2) is 0 Å². The molecule has 5 nitrogen and oxygen atoms in total. The molecule has 0 atom stereocenters. The van der Waals surface area contributed by atoms with Gasteiger partial charge >= 0.3 is 19.5 Å². The van der Waals surface area contributed by atoms with Crippen LogP contribution in [-0.2, 0) is 24.3 Å². The minimum absolute atomic E-state index is 0. The van der Waals surface area contributed by atoms with Crippen molar-refractivity contribution in [2.75, 3.05) is 0 Å². The number of hydrogen-bond donors (Lipinski definition) is 3. The molecule has 0 aromatic heterocycles. The molecule has 0 aliphatic rings. The van der Waals surface area contributed by atoms with E-state index < -0.39 is 5.97 Å². The van der Waals surface area contributed by atoms with Crippen LogP contribution in [-0.4, -0.2) is 16.5 Å². The first-order valence-corrected chi connectivity index (χ1v) is 7.52. The van der Waals surface area contributed by atoms with Crippen molar-refractivity contribution in [1.29, 1.82) is 0 Å². The van der Waals surface area contributed by atoms with Crippen LogP contribution < -0.4 is 11.3 Å². The van der Waals surface area contributed by atoms with Crippen LogP contribution in [0.5, 0.6) is 0 Å². The quantitative estimate of drug-likeness (QED) is 0.285. The van der Waals surface area contributed by atoms with Crippen molar-refractivity contribution in [3.8, 4) is 0 Å². The van der Waals surface area contributed by atoms with E-state index in [1.807, 2.05) is 6.07 Å². The molecule has 1 rings (SSSR count). The fourth-order valence-electron chi connectivity index (χ4n) is 1.71. The molecule has 0 unspecified atom stereocenters. The van der Waals surface area contributed by atoms with Crippen LogP contribution in [0.3, 0.4) is 0 Å². The Morgan fingerprint density at radius 1 is 1.04 bits per heavy atom. The summed E-state index contributed by atoms with van der Waals surface area (Å²) in [6.07, 6.45) is 5.61. The number of carboxylic acid groups (broad SMARTS) is 1. The van der Waals surface area contributed by atoms with E-state index >= 15 is 0 Å². The Labute approximate surface area is 153 Å². The van der Waals surface area contributed by atoms with Gasteiger partial charge in [-0.2, -0.15) is 0 Å². The number of benzene rings is 1. The number of carbonyl (C=O) groups is 1. The van der Waals surface area contributed by atoms with Crippen LogP contribution in [0, 0.1) is 0 Å². The summed E-state index contributed by atoms with van der Waals surface area (Å²) in [5.41, 5.74) is 1.41. The second-order valence-electron chi connectivity index (χ2n) is 5.10. The number of unbranched alkanes of at least 4 members (excludes halogenated alkanes) is 4. The first-order chi connectivity index (χ1) is 10.1. The van der Waals surface area contributed by atoms with Crippen LogP contribution in [0.1, 0.15) is 70.8 Å². The molecular weight excluding hydrogens is 348 g/mol. The molecule has 1 aromatic rings. The predicted molar refractivity (Wildman–Crippen MR) is 89.2 cm³/mol. The normalized spacial score (nSPS) is 8.43. The van der Waals surface area contributed by atoms with Crippen LogP contribution >= 0.6 is 0 Å². The topological polar surface area (TPSA) is 116 Å². The summed E-state index contributed by atoms with van der Waals surface area (Å²) < 4.78 is 0. The van der Waals surface area contributed by atoms with E-state index in [-0.39, 0.29) is 32.0 Å². The summed E-state index contributed by atoms with van der Waals surface area (Å²) >= 11 is 0. The van der Waals surface area contributed by atoms with Gasteiger partial charge in [-0.05, 0) is 24.3 Å². The van der Waals surface area contributed by atoms with E-state index in [0.717, 1.165) is 19.3 Å². The number of hydrogen-bond acceptors (Lipinski definition) is 5. The van der Waals surface area contributed by atoms with Gasteiger partial charge in [-0.25, -0.2) is 0 Å². The average molecular weight is 380 g/mol. The van der Waals surface area contributed by atoms with E-state index in [1.165, 1.54) is 18.4 Å². The Morgan fingerprint density at radius 2 is 1.52 bits per heavy atom. The molecule has 0 amide bonds. The summed E-state index contributed by atoms with van der Waals surface area (Å²) in [6, 6.07) is 10.5. The standard InChI is InChI=1S/C9H12.C8H16O2.H3N.H2O2.Zn/c1-8(2)9-6-4-3-5-7-9;1-2-3-4-5-6-7-8(9)10;;1-2;/h3-8H,1-2H3;2-7H2,1H3,(H,9,10);1H3;1-2H;/q;;;;+1/p-1. The maximum Gasteiger partial charge on any atom is 1.00 e. The van der Waals surface area contributed by atoms with Gasteiger partial charge in [0, 0.05) is 5.97 Å². The molecule has 0 fully saturated rings. The van der Waals surface area contributed by atoms with Gasteiger partial charge < -0.3 is 16.1 Å². The van der Waals surface area contributed by atoms with Crippen molar-refractivity contribution < 1.29 is 39.9 Å². The van der Waals surface area contributed by atoms with Crippen molar-refractivity contribution in [2.24, 2.45) is 0 Å². The third-order valence-electron chi connectivity index (χ3n) is 2.95. The Bertz CT molecular complexity index is 335. The monoisotopic (exact) mass is 378 g/mol. The van der Waals surface area contributed by atoms with Crippen molar-refractivity contribution in [3.05, 3.63) is 35.9 Å². The third-order valence-corrected chi connectivity index (χ3v) is 2.95. The Hall–Kier alpha value is -0.807. The maximum atomic E-state index is 9.92. The van der Waals surface area contributed by atoms with Gasteiger partial charge in [-0.1, -0.05) is 76.8 Å². The van der Waals surface area contributed by atoms with Crippen molar-refractivity contribution in [1.82, 2.24) is 6.15 Å². The molecule has 0 saturated heterocycles. The molecule has 1 radical (unpaired) electrons. The molecule has 0 heterocycles. The van der Waals surface area contributed by atoms with Gasteiger partial charge in [0.05, 0.1) is 0 Å². The molecular formula is C17H32NO4Zn. The Morgan fingerprint density at radius 3 is 1.87 bits per heavy atom. The summed E-state index contributed by atoms with van der Waals surface area (Å²) in [6.45, 7) is 6.55. The average Bonchev–Trinajstić information content (AvgIpc) is 2.50. The summed E-state index contributed by atoms with van der Waals surface area (Å²) in [4.78, 5) is 9.92. The van der Waals surface area contributed by atoms with E-state index in [2.05, 4.69) is 45.0 Å². The number of rotatable bonds is 7. The molecule has 6 heteroatoms. The molecule has 0 saturated carbocycles. The Balaban J connectivity index is -0.000000131. The molecule has 0 bridgehead atoms. The molecule has 23 heavy (non-hydrogen) atoms. The first kappa shape index (κ1) is 30.1. The van der Waals surface area contributed by atoms with Crippen LogP contribution in [0.4, 0.5) is 0 Å². The number of aliphatic carboxylic acids is 1. The van der Waals surface area contributed by atoms with Crippen LogP contribution in [0.25, 0.3) is 0 Å². The Kier molecular flexibility index (Phi) is 30.7. The van der Waals surface area contributed by atoms with Crippen molar-refractivity contribution in [3.63, 3.8) is 0 Å². The zero-order valence-corrected chi connectivity index (χ0v) is 17.8. The molecule has 0 spiro atoms. The summed E-state index contributed by atoms with van der Waals surface area (Å²) in [7, 11) is 0. The second kappa shape index (κ2) is 23.5. The minimum atomic E-state index is -0.920. The van der Waals surface area contributed by atoms with Crippen LogP contribution in [0.2, 0.25) is 0 Å². The predicted octanol–water partition coefficient (Wildman–Crippen LogP) is 4.08. The zero-order chi connectivity index (χ0) is 16.5. The van der Waals surface area contributed by atoms with Crippen molar-refractivity contribution >= 4 is 5.97 Å². The second-order valence-corrected chi connectivity index (χ2v) is 5.10. The molecule has 131 valence electrons. The summed E-state index contributed by atoms with van der Waals surface area (Å²) in [5, 5.41) is 21.9. The van der Waals surface area contributed by atoms with E-state index in [1.54, 1.807) is 0 Å². The summed E-state index contributed by atoms with van der Waals surface area (Å²) in [5.74, 6) is -0.261. The van der Waals surface area contributed by atoms with Gasteiger partial charge in [0.1, 0.15) is 0 Å². The number of carbonyl (C=O) groups excluding carboxylic acids is 1. The van der Waals surface area contributed by atoms with Gasteiger partial charge in [0.2, 0.25) is 0 Å². The van der Waals surface area contributed by atoms with Gasteiger partial charge in [0.25, 0.3) is 0 Å². The first-order valence-electron chi connectivity index (χ1n) is 7.52. The molecule has 0 aliphatic carbocycles. The van der Waals surface area contributed by atoms with Gasteiger partial charge in [-0.3, -0.25) is 10.5 Å². The zero-order valence-electron chi connectivity index (χ0n) is 14.8. The van der Waals surface area contributed by atoms with Crippen LogP contribution in [0.15, 0.2) is 30.3 Å². The van der Waals surface area contributed by atoms with Crippen molar-refractivity contribution in [2.45, 2.75) is 65.2 Å². The smallest absolute Gasteiger partial charge is 0.550 e. The third kappa shape index (κ3) is 23.6. The van der Waals surface area contributed by atoms with E-state index in [4.69, 9.17) is 10.5 Å². The SMILES string of the molecule is CC(C)c1ccccc1.CCCCCCCC(=O)[O-].N.OO.[Zn+]. The van der Waals surface area contributed by atoms with E-state index in [0.29, 0.717) is 5.92 Å². The molecule has 1 aromatic carbocycles. The molecule has 0 aliphatic heterocycles. The molecule has 5 N–H and O–H groups in total. The van der Waals surface area contributed by atoms with Gasteiger partial charge in [-0.15, -0.1) is 0 Å². The fraction of sp³-hybridized carbons (Fsp3) is 0.588. The van der Waals surface area contributed by atoms with E-state index in [9.17, 15) is 9.90 Å².